The average Bonchev–Trinajstić information content (AvgIpc) is 2.61. The van der Waals surface area contributed by atoms with Crippen molar-refractivity contribution < 1.29 is 9.59 Å². The quantitative estimate of drug-likeness (QED) is 0.543. The smallest absolute Gasteiger partial charge is 0.256 e. The molecule has 3 aromatic rings. The van der Waals surface area contributed by atoms with Crippen LogP contribution >= 0.6 is 0 Å². The van der Waals surface area contributed by atoms with Crippen LogP contribution in [0.4, 0.5) is 22.7 Å². The third kappa shape index (κ3) is 3.99. The second-order valence-electron chi connectivity index (χ2n) is 5.70. The van der Waals surface area contributed by atoms with Crippen molar-refractivity contribution in [2.24, 2.45) is 0 Å². The van der Waals surface area contributed by atoms with Gasteiger partial charge in [-0.15, -0.1) is 0 Å². The lowest BCUT2D eigenvalue weighted by Crippen LogP contribution is -2.20. The Morgan fingerprint density at radius 1 is 0.615 bits per heavy atom. The number of nitrogen functional groups attached to an aromatic ring is 2. The minimum atomic E-state index is -0.395. The predicted octanol–water partition coefficient (Wildman–Crippen LogP) is 3.36. The van der Waals surface area contributed by atoms with E-state index in [-0.39, 0.29) is 11.1 Å². The van der Waals surface area contributed by atoms with Crippen molar-refractivity contribution in [3.05, 3.63) is 83.9 Å². The largest absolute Gasteiger partial charge is 0.399 e. The van der Waals surface area contributed by atoms with Gasteiger partial charge >= 0.3 is 0 Å². The lowest BCUT2D eigenvalue weighted by atomic mass is 10.1. The number of nitrogens with one attached hydrogen (secondary N) is 2. The molecule has 0 aromatic heterocycles. The zero-order valence-electron chi connectivity index (χ0n) is 13.9. The van der Waals surface area contributed by atoms with Crippen LogP contribution in [0.2, 0.25) is 0 Å². The zero-order valence-corrected chi connectivity index (χ0v) is 13.9. The first-order valence-electron chi connectivity index (χ1n) is 7.96. The molecule has 0 unspecified atom stereocenters. The lowest BCUT2D eigenvalue weighted by molar-refractivity contribution is 0.0990. The summed E-state index contributed by atoms with van der Waals surface area (Å²) >= 11 is 0. The van der Waals surface area contributed by atoms with Crippen molar-refractivity contribution in [3.8, 4) is 0 Å². The molecule has 0 aliphatic heterocycles. The average molecular weight is 346 g/mol. The minimum Gasteiger partial charge on any atom is -0.399 e. The Kier molecular flexibility index (Phi) is 4.85. The van der Waals surface area contributed by atoms with Gasteiger partial charge in [0.1, 0.15) is 0 Å². The highest BCUT2D eigenvalue weighted by Crippen LogP contribution is 2.18. The van der Waals surface area contributed by atoms with Gasteiger partial charge in [0.15, 0.2) is 0 Å². The second-order valence-corrected chi connectivity index (χ2v) is 5.70. The molecule has 130 valence electrons. The predicted molar refractivity (Wildman–Crippen MR) is 104 cm³/mol. The van der Waals surface area contributed by atoms with Crippen molar-refractivity contribution in [1.82, 2.24) is 0 Å². The van der Waals surface area contributed by atoms with E-state index in [1.165, 1.54) is 0 Å². The minimum absolute atomic E-state index is 0.260. The summed E-state index contributed by atoms with van der Waals surface area (Å²) in [6.07, 6.45) is 0. The Morgan fingerprint density at radius 2 is 1.04 bits per heavy atom. The Hall–Kier alpha value is -3.80. The molecule has 0 bridgehead atoms. The van der Waals surface area contributed by atoms with Crippen LogP contribution in [0.1, 0.15) is 20.7 Å². The molecule has 0 heterocycles. The van der Waals surface area contributed by atoms with Crippen LogP contribution in [0.15, 0.2) is 72.8 Å². The number of carbonyl (C=O) groups is 2. The molecule has 0 saturated carbocycles. The van der Waals surface area contributed by atoms with Crippen LogP contribution in [0.5, 0.6) is 0 Å². The summed E-state index contributed by atoms with van der Waals surface area (Å²) in [6.45, 7) is 0. The van der Waals surface area contributed by atoms with Crippen molar-refractivity contribution in [3.63, 3.8) is 0 Å². The maximum Gasteiger partial charge on any atom is 0.256 e. The van der Waals surface area contributed by atoms with Gasteiger partial charge in [-0.1, -0.05) is 24.3 Å². The van der Waals surface area contributed by atoms with E-state index in [9.17, 15) is 9.59 Å². The highest BCUT2D eigenvalue weighted by Gasteiger charge is 2.17. The molecule has 6 N–H and O–H groups in total. The highest BCUT2D eigenvalue weighted by molar-refractivity contribution is 6.15. The summed E-state index contributed by atoms with van der Waals surface area (Å²) in [5.41, 5.74) is 14.2. The maximum atomic E-state index is 12.6. The van der Waals surface area contributed by atoms with Crippen LogP contribution in [-0.2, 0) is 0 Å². The van der Waals surface area contributed by atoms with Gasteiger partial charge in [0.05, 0.1) is 11.1 Å². The van der Waals surface area contributed by atoms with Crippen molar-refractivity contribution in [2.75, 3.05) is 22.1 Å². The van der Waals surface area contributed by atoms with Crippen LogP contribution in [-0.4, -0.2) is 11.8 Å². The first-order chi connectivity index (χ1) is 12.5. The van der Waals surface area contributed by atoms with Gasteiger partial charge in [0.2, 0.25) is 0 Å². The van der Waals surface area contributed by atoms with E-state index in [0.29, 0.717) is 22.7 Å². The number of carbonyl (C=O) groups excluding carboxylic acids is 2. The molecule has 3 rings (SSSR count). The molecule has 26 heavy (non-hydrogen) atoms. The molecule has 0 saturated heterocycles. The third-order valence-corrected chi connectivity index (χ3v) is 3.71. The summed E-state index contributed by atoms with van der Waals surface area (Å²) < 4.78 is 0. The molecule has 0 spiro atoms. The van der Waals surface area contributed by atoms with Gasteiger partial charge in [-0.3, -0.25) is 9.59 Å². The Bertz CT molecular complexity index is 891. The normalized spacial score (nSPS) is 10.2. The van der Waals surface area contributed by atoms with E-state index in [1.54, 1.807) is 72.8 Å². The Morgan fingerprint density at radius 3 is 1.42 bits per heavy atom. The summed E-state index contributed by atoms with van der Waals surface area (Å²) in [6, 6.07) is 20.3. The maximum absolute atomic E-state index is 12.6. The number of nitrogens with two attached hydrogens (primary N) is 2. The molecule has 3 aromatic carbocycles. The number of anilines is 4. The fraction of sp³-hybridized carbons (Fsp3) is 0. The molecule has 6 nitrogen and oxygen atoms in total. The molecule has 6 heteroatoms. The molecular formula is C20H18N4O2. The summed E-state index contributed by atoms with van der Waals surface area (Å²) in [4.78, 5) is 25.2. The Labute approximate surface area is 150 Å². The number of rotatable bonds is 4. The van der Waals surface area contributed by atoms with E-state index in [2.05, 4.69) is 10.6 Å². The van der Waals surface area contributed by atoms with E-state index < -0.39 is 11.8 Å². The van der Waals surface area contributed by atoms with Crippen LogP contribution in [0.25, 0.3) is 0 Å². The van der Waals surface area contributed by atoms with Crippen molar-refractivity contribution in [2.45, 2.75) is 0 Å². The standard InChI is InChI=1S/C20H18N4O2/c21-13-5-3-7-15(11-13)23-19(25)17-9-1-2-10-18(17)20(26)24-16-8-4-6-14(22)12-16/h1-12H,21-22H2,(H,23,25)(H,24,26). The van der Waals surface area contributed by atoms with Gasteiger partial charge in [0, 0.05) is 22.7 Å². The zero-order chi connectivity index (χ0) is 18.5. The van der Waals surface area contributed by atoms with E-state index in [4.69, 9.17) is 11.5 Å². The topological polar surface area (TPSA) is 110 Å². The molecular weight excluding hydrogens is 328 g/mol. The first-order valence-corrected chi connectivity index (χ1v) is 7.96. The SMILES string of the molecule is Nc1cccc(NC(=O)c2ccccc2C(=O)Nc2cccc(N)c2)c1. The van der Waals surface area contributed by atoms with Gasteiger partial charge in [-0.25, -0.2) is 0 Å². The molecule has 0 radical (unpaired) electrons. The summed E-state index contributed by atoms with van der Waals surface area (Å²) in [7, 11) is 0. The van der Waals surface area contributed by atoms with Gasteiger partial charge in [-0.2, -0.15) is 0 Å². The number of benzene rings is 3. The van der Waals surface area contributed by atoms with Gasteiger partial charge in [-0.05, 0) is 48.5 Å². The van der Waals surface area contributed by atoms with Gasteiger partial charge in [0.25, 0.3) is 11.8 Å². The fourth-order valence-electron chi connectivity index (χ4n) is 2.51. The van der Waals surface area contributed by atoms with E-state index in [0.717, 1.165) is 0 Å². The molecule has 0 atom stereocenters. The lowest BCUT2D eigenvalue weighted by Gasteiger charge is -2.11. The molecule has 2 amide bonds. The number of hydrogen-bond acceptors (Lipinski definition) is 4. The fourth-order valence-corrected chi connectivity index (χ4v) is 2.51. The van der Waals surface area contributed by atoms with Crippen LogP contribution in [0, 0.1) is 0 Å². The Balaban J connectivity index is 1.83. The van der Waals surface area contributed by atoms with E-state index >= 15 is 0 Å². The molecule has 0 aliphatic carbocycles. The summed E-state index contributed by atoms with van der Waals surface area (Å²) in [5, 5.41) is 5.50. The molecule has 0 fully saturated rings. The first kappa shape index (κ1) is 17.0. The van der Waals surface area contributed by atoms with Crippen LogP contribution in [0.3, 0.4) is 0 Å². The number of amides is 2. The molecule has 0 aliphatic rings. The van der Waals surface area contributed by atoms with Crippen molar-refractivity contribution >= 4 is 34.6 Å². The third-order valence-electron chi connectivity index (χ3n) is 3.71. The second kappa shape index (κ2) is 7.40. The highest BCUT2D eigenvalue weighted by atomic mass is 16.2. The van der Waals surface area contributed by atoms with E-state index in [1.807, 2.05) is 0 Å². The number of hydrogen-bond donors (Lipinski definition) is 4. The van der Waals surface area contributed by atoms with Gasteiger partial charge < -0.3 is 22.1 Å². The summed E-state index contributed by atoms with van der Waals surface area (Å²) in [5.74, 6) is -0.789. The monoisotopic (exact) mass is 346 g/mol. The van der Waals surface area contributed by atoms with Crippen molar-refractivity contribution in [1.29, 1.82) is 0 Å². The van der Waals surface area contributed by atoms with Crippen LogP contribution < -0.4 is 22.1 Å².